The van der Waals surface area contributed by atoms with E-state index in [9.17, 15) is 26.4 Å². The summed E-state index contributed by atoms with van der Waals surface area (Å²) >= 11 is 6.02. The Balaban J connectivity index is 2.27. The summed E-state index contributed by atoms with van der Waals surface area (Å²) in [5.74, 6) is -3.15. The van der Waals surface area contributed by atoms with Gasteiger partial charge in [0.15, 0.2) is 5.75 Å². The first-order chi connectivity index (χ1) is 11.0. The molecule has 0 fully saturated rings. The van der Waals surface area contributed by atoms with E-state index in [-0.39, 0.29) is 11.5 Å². The number of hydrogen-bond donors (Lipinski definition) is 1. The summed E-state index contributed by atoms with van der Waals surface area (Å²) in [6.07, 6.45) is -3.77. The number of nitrogens with zero attached hydrogens (tertiary/aromatic N) is 2. The van der Waals surface area contributed by atoms with Crippen LogP contribution in [0.25, 0.3) is 11.4 Å². The highest BCUT2D eigenvalue weighted by atomic mass is 35.5. The van der Waals surface area contributed by atoms with Crippen LogP contribution in [0.2, 0.25) is 5.02 Å². The molecular formula is C13H11ClF3N3O3S. The minimum Gasteiger partial charge on any atom is -0.333 e. The molecule has 2 aromatic rings. The second-order valence-corrected chi connectivity index (χ2v) is 6.98. The Morgan fingerprint density at radius 1 is 1.33 bits per heavy atom. The fraction of sp³-hybridized carbons (Fsp3) is 0.231. The fourth-order valence-corrected chi connectivity index (χ4v) is 3.02. The lowest BCUT2D eigenvalue weighted by molar-refractivity contribution is -0.106. The SMILES string of the molecule is Cn1cc(C(=O)NS(=O)(=O)CC(F)(F)F)nc1-c1ccccc1Cl. The Bertz CT molecular complexity index is 878. The molecule has 24 heavy (non-hydrogen) atoms. The maximum Gasteiger partial charge on any atom is 0.404 e. The van der Waals surface area contributed by atoms with Crippen LogP contribution < -0.4 is 4.72 Å². The summed E-state index contributed by atoms with van der Waals surface area (Å²) in [5, 5.41) is 0.350. The maximum absolute atomic E-state index is 12.2. The normalized spacial score (nSPS) is 12.2. The number of carbonyl (C=O) groups excluding carboxylic acids is 1. The van der Waals surface area contributed by atoms with Gasteiger partial charge in [-0.1, -0.05) is 23.7 Å². The number of aryl methyl sites for hydroxylation is 1. The van der Waals surface area contributed by atoms with Crippen molar-refractivity contribution in [2.24, 2.45) is 7.05 Å². The molecule has 0 saturated heterocycles. The molecule has 2 rings (SSSR count). The average molecular weight is 382 g/mol. The summed E-state index contributed by atoms with van der Waals surface area (Å²) in [4.78, 5) is 15.8. The fourth-order valence-electron chi connectivity index (χ4n) is 1.91. The zero-order valence-electron chi connectivity index (χ0n) is 12.1. The first-order valence-electron chi connectivity index (χ1n) is 6.38. The zero-order chi connectivity index (χ0) is 18.1. The van der Waals surface area contributed by atoms with Gasteiger partial charge in [-0.05, 0) is 12.1 Å². The molecule has 1 aromatic carbocycles. The Labute approximate surface area is 140 Å². The van der Waals surface area contributed by atoms with E-state index in [1.165, 1.54) is 22.5 Å². The van der Waals surface area contributed by atoms with Crippen molar-refractivity contribution >= 4 is 27.5 Å². The van der Waals surface area contributed by atoms with Crippen molar-refractivity contribution < 1.29 is 26.4 Å². The number of hydrogen-bond acceptors (Lipinski definition) is 4. The number of sulfonamides is 1. The number of amides is 1. The van der Waals surface area contributed by atoms with Gasteiger partial charge in [0, 0.05) is 18.8 Å². The summed E-state index contributed by atoms with van der Waals surface area (Å²) in [7, 11) is -3.33. The molecular weight excluding hydrogens is 371 g/mol. The number of rotatable bonds is 4. The Morgan fingerprint density at radius 2 is 1.96 bits per heavy atom. The molecule has 0 radical (unpaired) electrons. The van der Waals surface area contributed by atoms with Crippen LogP contribution in [0.15, 0.2) is 30.5 Å². The number of carbonyl (C=O) groups is 1. The number of benzene rings is 1. The summed E-state index contributed by atoms with van der Waals surface area (Å²) < 4.78 is 61.9. The predicted molar refractivity (Wildman–Crippen MR) is 81.0 cm³/mol. The highest BCUT2D eigenvalue weighted by Crippen LogP contribution is 2.26. The van der Waals surface area contributed by atoms with E-state index in [0.717, 1.165) is 0 Å². The Kier molecular flexibility index (Phi) is 4.90. The van der Waals surface area contributed by atoms with Crippen LogP contribution in [0, 0.1) is 0 Å². The van der Waals surface area contributed by atoms with Crippen molar-refractivity contribution in [3.8, 4) is 11.4 Å². The summed E-state index contributed by atoms with van der Waals surface area (Å²) in [5.41, 5.74) is 0.136. The lowest BCUT2D eigenvalue weighted by Gasteiger charge is -2.07. The average Bonchev–Trinajstić information content (AvgIpc) is 2.78. The third kappa shape index (κ3) is 4.48. The van der Waals surface area contributed by atoms with Crippen molar-refractivity contribution in [1.82, 2.24) is 14.3 Å². The molecule has 6 nitrogen and oxygen atoms in total. The van der Waals surface area contributed by atoms with E-state index in [1.54, 1.807) is 24.3 Å². The van der Waals surface area contributed by atoms with Crippen molar-refractivity contribution in [2.45, 2.75) is 6.18 Å². The van der Waals surface area contributed by atoms with Gasteiger partial charge in [-0.2, -0.15) is 13.2 Å². The van der Waals surface area contributed by atoms with Gasteiger partial charge < -0.3 is 4.57 Å². The van der Waals surface area contributed by atoms with Crippen molar-refractivity contribution in [3.63, 3.8) is 0 Å². The standard InChI is InChI=1S/C13H11ClF3N3O3S/c1-20-6-10(12(21)19-24(22,23)7-13(15,16)17)18-11(20)8-4-2-3-5-9(8)14/h2-6H,7H2,1H3,(H,19,21). The minimum atomic E-state index is -4.96. The molecule has 1 heterocycles. The molecule has 0 saturated carbocycles. The molecule has 1 amide bonds. The molecule has 11 heteroatoms. The van der Waals surface area contributed by atoms with Gasteiger partial charge in [-0.25, -0.2) is 18.1 Å². The molecule has 1 N–H and O–H groups in total. The number of imidazole rings is 1. The molecule has 0 aliphatic carbocycles. The molecule has 0 unspecified atom stereocenters. The van der Waals surface area contributed by atoms with Crippen LogP contribution in [-0.4, -0.2) is 35.8 Å². The molecule has 0 aliphatic heterocycles. The predicted octanol–water partition coefficient (Wildman–Crippen LogP) is 2.36. The molecule has 0 bridgehead atoms. The molecule has 0 atom stereocenters. The van der Waals surface area contributed by atoms with Crippen molar-refractivity contribution in [3.05, 3.63) is 41.2 Å². The zero-order valence-corrected chi connectivity index (χ0v) is 13.7. The van der Waals surface area contributed by atoms with Gasteiger partial charge in [0.05, 0.1) is 5.02 Å². The van der Waals surface area contributed by atoms with Crippen LogP contribution in [0.1, 0.15) is 10.5 Å². The van der Waals surface area contributed by atoms with E-state index in [2.05, 4.69) is 4.98 Å². The Hall–Kier alpha value is -2.07. The highest BCUT2D eigenvalue weighted by Gasteiger charge is 2.36. The van der Waals surface area contributed by atoms with Crippen LogP contribution in [0.5, 0.6) is 0 Å². The first-order valence-corrected chi connectivity index (χ1v) is 8.41. The molecule has 0 aliphatic rings. The molecule has 1 aromatic heterocycles. The lowest BCUT2D eigenvalue weighted by atomic mass is 10.2. The van der Waals surface area contributed by atoms with Gasteiger partial charge >= 0.3 is 6.18 Å². The number of aromatic nitrogens is 2. The molecule has 0 spiro atoms. The van der Waals surface area contributed by atoms with Crippen molar-refractivity contribution in [2.75, 3.05) is 5.75 Å². The van der Waals surface area contributed by atoms with Gasteiger partial charge in [0.2, 0.25) is 10.0 Å². The van der Waals surface area contributed by atoms with E-state index in [4.69, 9.17) is 11.6 Å². The third-order valence-corrected chi connectivity index (χ3v) is 4.36. The van der Waals surface area contributed by atoms with Gasteiger partial charge in [-0.15, -0.1) is 0 Å². The topological polar surface area (TPSA) is 81.1 Å². The summed E-state index contributed by atoms with van der Waals surface area (Å²) in [6.45, 7) is 0. The minimum absolute atomic E-state index is 0.263. The largest absolute Gasteiger partial charge is 0.404 e. The van der Waals surface area contributed by atoms with E-state index < -0.39 is 27.9 Å². The van der Waals surface area contributed by atoms with Crippen molar-refractivity contribution in [1.29, 1.82) is 0 Å². The maximum atomic E-state index is 12.2. The van der Waals surface area contributed by atoms with E-state index in [0.29, 0.717) is 10.6 Å². The van der Waals surface area contributed by atoms with E-state index in [1.807, 2.05) is 0 Å². The van der Waals surface area contributed by atoms with Gasteiger partial charge in [0.1, 0.15) is 11.5 Å². The highest BCUT2D eigenvalue weighted by molar-refractivity contribution is 7.90. The van der Waals surface area contributed by atoms with E-state index >= 15 is 0 Å². The smallest absolute Gasteiger partial charge is 0.333 e. The van der Waals surface area contributed by atoms with Crippen LogP contribution >= 0.6 is 11.6 Å². The van der Waals surface area contributed by atoms with Crippen LogP contribution in [0.4, 0.5) is 13.2 Å². The lowest BCUT2D eigenvalue weighted by Crippen LogP contribution is -2.37. The monoisotopic (exact) mass is 381 g/mol. The number of halogens is 4. The quantitative estimate of drug-likeness (QED) is 0.881. The number of nitrogens with one attached hydrogen (secondary N) is 1. The summed E-state index contributed by atoms with van der Waals surface area (Å²) in [6, 6.07) is 6.60. The molecule has 130 valence electrons. The van der Waals surface area contributed by atoms with Crippen LogP contribution in [0.3, 0.4) is 0 Å². The van der Waals surface area contributed by atoms with Gasteiger partial charge in [0.25, 0.3) is 5.91 Å². The first kappa shape index (κ1) is 18.3. The number of alkyl halides is 3. The Morgan fingerprint density at radius 3 is 2.54 bits per heavy atom. The third-order valence-electron chi connectivity index (χ3n) is 2.83. The van der Waals surface area contributed by atoms with Crippen LogP contribution in [-0.2, 0) is 17.1 Å². The van der Waals surface area contributed by atoms with Gasteiger partial charge in [-0.3, -0.25) is 4.79 Å². The second-order valence-electron chi connectivity index (χ2n) is 4.85. The second kappa shape index (κ2) is 6.44.